The normalized spacial score (nSPS) is 16.5. The van der Waals surface area contributed by atoms with E-state index >= 15 is 0 Å². The number of ether oxygens (including phenoxy) is 2. The number of benzene rings is 1. The lowest BCUT2D eigenvalue weighted by atomic mass is 10.0. The molecule has 1 aliphatic heterocycles. The lowest BCUT2D eigenvalue weighted by Crippen LogP contribution is -2.32. The van der Waals surface area contributed by atoms with Crippen molar-refractivity contribution in [3.05, 3.63) is 46.5 Å². The fraction of sp³-hybridized carbons (Fsp3) is 0.542. The molecule has 1 aromatic heterocycles. The highest BCUT2D eigenvalue weighted by Crippen LogP contribution is 2.29. The molecule has 1 N–H and O–H groups in total. The van der Waals surface area contributed by atoms with E-state index in [1.165, 1.54) is 0 Å². The van der Waals surface area contributed by atoms with Gasteiger partial charge in [0.2, 0.25) is 5.91 Å². The van der Waals surface area contributed by atoms with Crippen molar-refractivity contribution in [1.82, 2.24) is 20.2 Å². The maximum Gasteiger partial charge on any atom is 0.224 e. The minimum atomic E-state index is 0.0123. The average molecular weight is 427 g/mol. The van der Waals surface area contributed by atoms with Crippen LogP contribution in [0.5, 0.6) is 11.5 Å². The summed E-state index contributed by atoms with van der Waals surface area (Å²) >= 11 is 0. The van der Waals surface area contributed by atoms with E-state index in [2.05, 4.69) is 22.3 Å². The molecular weight excluding hydrogens is 392 g/mol. The first kappa shape index (κ1) is 23.0. The van der Waals surface area contributed by atoms with E-state index in [1.807, 2.05) is 33.8 Å². The topological polar surface area (TPSA) is 76.6 Å². The summed E-state index contributed by atoms with van der Waals surface area (Å²) in [6.45, 7) is 10.6. The number of aromatic nitrogens is 2. The quantitative estimate of drug-likeness (QED) is 0.699. The van der Waals surface area contributed by atoms with Gasteiger partial charge in [0.1, 0.15) is 17.3 Å². The van der Waals surface area contributed by atoms with Gasteiger partial charge in [-0.05, 0) is 58.4 Å². The van der Waals surface area contributed by atoms with E-state index < -0.39 is 0 Å². The largest absolute Gasteiger partial charge is 0.497 e. The van der Waals surface area contributed by atoms with Crippen LogP contribution in [0.2, 0.25) is 0 Å². The zero-order chi connectivity index (χ0) is 22.5. The molecule has 7 nitrogen and oxygen atoms in total. The van der Waals surface area contributed by atoms with Crippen LogP contribution >= 0.6 is 0 Å². The van der Waals surface area contributed by atoms with Crippen LogP contribution in [0.25, 0.3) is 0 Å². The molecule has 2 heterocycles. The lowest BCUT2D eigenvalue weighted by Gasteiger charge is -2.18. The van der Waals surface area contributed by atoms with Gasteiger partial charge in [0.15, 0.2) is 0 Å². The molecule has 0 saturated carbocycles. The summed E-state index contributed by atoms with van der Waals surface area (Å²) in [5.74, 6) is 2.80. The molecule has 0 radical (unpaired) electrons. The smallest absolute Gasteiger partial charge is 0.224 e. The van der Waals surface area contributed by atoms with Gasteiger partial charge in [0.05, 0.1) is 20.6 Å². The van der Waals surface area contributed by atoms with Gasteiger partial charge >= 0.3 is 0 Å². The van der Waals surface area contributed by atoms with Crippen LogP contribution < -0.4 is 14.8 Å². The first-order valence-corrected chi connectivity index (χ1v) is 10.9. The third-order valence-corrected chi connectivity index (χ3v) is 5.68. The zero-order valence-corrected chi connectivity index (χ0v) is 19.5. The number of hydrogen-bond donors (Lipinski definition) is 1. The van der Waals surface area contributed by atoms with Gasteiger partial charge < -0.3 is 14.8 Å². The summed E-state index contributed by atoms with van der Waals surface area (Å²) in [5.41, 5.74) is 3.90. The highest BCUT2D eigenvalue weighted by atomic mass is 16.5. The van der Waals surface area contributed by atoms with Crippen molar-refractivity contribution in [2.24, 2.45) is 0 Å². The highest BCUT2D eigenvalue weighted by molar-refractivity contribution is 5.79. The molecule has 1 fully saturated rings. The molecule has 1 aliphatic rings. The maximum atomic E-state index is 12.2. The third-order valence-electron chi connectivity index (χ3n) is 5.68. The van der Waals surface area contributed by atoms with Crippen LogP contribution in [-0.4, -0.2) is 54.1 Å². The van der Waals surface area contributed by atoms with E-state index in [4.69, 9.17) is 19.4 Å². The minimum Gasteiger partial charge on any atom is -0.497 e. The maximum absolute atomic E-state index is 12.2. The van der Waals surface area contributed by atoms with Gasteiger partial charge in [0, 0.05) is 48.1 Å². The molecule has 0 bridgehead atoms. The number of likely N-dealkylation sites (tertiary alicyclic amines) is 1. The van der Waals surface area contributed by atoms with E-state index in [-0.39, 0.29) is 11.9 Å². The van der Waals surface area contributed by atoms with E-state index in [0.29, 0.717) is 12.3 Å². The van der Waals surface area contributed by atoms with Crippen LogP contribution in [0, 0.1) is 13.8 Å². The lowest BCUT2D eigenvalue weighted by molar-refractivity contribution is -0.120. The molecule has 7 heteroatoms. The van der Waals surface area contributed by atoms with E-state index in [0.717, 1.165) is 65.9 Å². The Morgan fingerprint density at radius 1 is 1.13 bits per heavy atom. The predicted octanol–water partition coefficient (Wildman–Crippen LogP) is 3.17. The zero-order valence-electron chi connectivity index (χ0n) is 19.5. The molecule has 1 atom stereocenters. The molecule has 1 unspecified atom stereocenters. The number of amides is 1. The molecule has 1 aromatic carbocycles. The number of methoxy groups -OCH3 is 2. The summed E-state index contributed by atoms with van der Waals surface area (Å²) in [7, 11) is 3.34. The van der Waals surface area contributed by atoms with E-state index in [1.54, 1.807) is 14.2 Å². The number of carbonyl (C=O) groups is 1. The van der Waals surface area contributed by atoms with Crippen molar-refractivity contribution >= 4 is 5.91 Å². The Balaban J connectivity index is 1.68. The van der Waals surface area contributed by atoms with Crippen LogP contribution in [0.4, 0.5) is 0 Å². The number of hydrogen-bond acceptors (Lipinski definition) is 6. The van der Waals surface area contributed by atoms with E-state index in [9.17, 15) is 4.79 Å². The number of nitrogens with one attached hydrogen (secondary N) is 1. The first-order valence-electron chi connectivity index (χ1n) is 10.9. The van der Waals surface area contributed by atoms with Crippen molar-refractivity contribution in [3.8, 4) is 11.5 Å². The number of aryl methyl sites for hydroxylation is 2. The predicted molar refractivity (Wildman–Crippen MR) is 121 cm³/mol. The Bertz CT molecular complexity index is 884. The SMILES string of the molecule is COc1cc(CN2CCC(c3nc(C)c(CC(=O)NC(C)C)c(C)n3)C2)cc(OC)c1. The molecule has 31 heavy (non-hydrogen) atoms. The van der Waals surface area contributed by atoms with Gasteiger partial charge in [0.25, 0.3) is 0 Å². The summed E-state index contributed by atoms with van der Waals surface area (Å²) < 4.78 is 10.8. The molecule has 1 saturated heterocycles. The molecule has 1 amide bonds. The first-order chi connectivity index (χ1) is 14.8. The second-order valence-electron chi connectivity index (χ2n) is 8.57. The van der Waals surface area contributed by atoms with Gasteiger partial charge in [-0.3, -0.25) is 9.69 Å². The number of rotatable bonds is 8. The van der Waals surface area contributed by atoms with Gasteiger partial charge in [-0.25, -0.2) is 9.97 Å². The Morgan fingerprint density at radius 3 is 2.29 bits per heavy atom. The average Bonchev–Trinajstić information content (AvgIpc) is 3.18. The summed E-state index contributed by atoms with van der Waals surface area (Å²) in [6, 6.07) is 6.12. The molecule has 2 aromatic rings. The van der Waals surface area contributed by atoms with Gasteiger partial charge in [-0.15, -0.1) is 0 Å². The fourth-order valence-corrected chi connectivity index (χ4v) is 4.14. The van der Waals surface area contributed by atoms with Crippen molar-refractivity contribution in [1.29, 1.82) is 0 Å². The minimum absolute atomic E-state index is 0.0123. The second-order valence-corrected chi connectivity index (χ2v) is 8.57. The monoisotopic (exact) mass is 426 g/mol. The molecule has 0 aliphatic carbocycles. The molecule has 0 spiro atoms. The molecular formula is C24H34N4O3. The van der Waals surface area contributed by atoms with Gasteiger partial charge in [-0.1, -0.05) is 0 Å². The van der Waals surface area contributed by atoms with Crippen molar-refractivity contribution < 1.29 is 14.3 Å². The second kappa shape index (κ2) is 10.1. The standard InChI is InChI=1S/C24H34N4O3/c1-15(2)25-23(29)12-22-16(3)26-24(27-17(22)4)19-7-8-28(14-19)13-18-9-20(30-5)11-21(10-18)31-6/h9-11,15,19H,7-8,12-14H2,1-6H3,(H,25,29). The summed E-state index contributed by atoms with van der Waals surface area (Å²) in [5, 5.41) is 2.94. The summed E-state index contributed by atoms with van der Waals surface area (Å²) in [4.78, 5) is 24.2. The van der Waals surface area contributed by atoms with Crippen LogP contribution in [0.15, 0.2) is 18.2 Å². The number of carbonyl (C=O) groups excluding carboxylic acids is 1. The Hall–Kier alpha value is -2.67. The van der Waals surface area contributed by atoms with Crippen LogP contribution in [0.3, 0.4) is 0 Å². The Labute approximate surface area is 185 Å². The third kappa shape index (κ3) is 5.94. The Kier molecular flexibility index (Phi) is 7.49. The Morgan fingerprint density at radius 2 is 1.74 bits per heavy atom. The summed E-state index contributed by atoms with van der Waals surface area (Å²) in [6.07, 6.45) is 1.34. The van der Waals surface area contributed by atoms with Crippen molar-refractivity contribution in [2.45, 2.75) is 59.0 Å². The highest BCUT2D eigenvalue weighted by Gasteiger charge is 2.27. The molecule has 168 valence electrons. The van der Waals surface area contributed by atoms with Crippen LogP contribution in [-0.2, 0) is 17.8 Å². The van der Waals surface area contributed by atoms with Crippen molar-refractivity contribution in [3.63, 3.8) is 0 Å². The van der Waals surface area contributed by atoms with Crippen LogP contribution in [0.1, 0.15) is 54.5 Å². The van der Waals surface area contributed by atoms with Crippen molar-refractivity contribution in [2.75, 3.05) is 27.3 Å². The fourth-order valence-electron chi connectivity index (χ4n) is 4.14. The van der Waals surface area contributed by atoms with Gasteiger partial charge in [-0.2, -0.15) is 0 Å². The number of nitrogens with zero attached hydrogens (tertiary/aromatic N) is 3. The molecule has 3 rings (SSSR count).